The Balaban J connectivity index is 2.02. The van der Waals surface area contributed by atoms with E-state index in [2.05, 4.69) is 43.8 Å². The van der Waals surface area contributed by atoms with Crippen molar-refractivity contribution in [1.29, 1.82) is 0 Å². The number of amides is 1. The van der Waals surface area contributed by atoms with Gasteiger partial charge in [0.1, 0.15) is 0 Å². The zero-order valence-corrected chi connectivity index (χ0v) is 18.5. The highest BCUT2D eigenvalue weighted by Gasteiger charge is 2.35. The summed E-state index contributed by atoms with van der Waals surface area (Å²) in [5.41, 5.74) is 3.47. The summed E-state index contributed by atoms with van der Waals surface area (Å²) >= 11 is 8.06. The van der Waals surface area contributed by atoms with E-state index < -0.39 is 0 Å². The minimum atomic E-state index is 0.00906. The van der Waals surface area contributed by atoms with E-state index in [9.17, 15) is 4.79 Å². The summed E-state index contributed by atoms with van der Waals surface area (Å²) in [7, 11) is 2.13. The number of nitrogens with zero attached hydrogens (tertiary/aromatic N) is 3. The molecule has 0 unspecified atom stereocenters. The number of amidine groups is 1. The van der Waals surface area contributed by atoms with E-state index >= 15 is 0 Å². The van der Waals surface area contributed by atoms with Gasteiger partial charge in [-0.3, -0.25) is 14.7 Å². The predicted molar refractivity (Wildman–Crippen MR) is 118 cm³/mol. The Morgan fingerprint density at radius 2 is 2.07 bits per heavy atom. The number of thioether (sulfide) groups is 1. The van der Waals surface area contributed by atoms with Crippen LogP contribution in [-0.2, 0) is 4.79 Å². The molecule has 0 aliphatic carbocycles. The minimum Gasteiger partial charge on any atom is -0.369 e. The molecule has 2 aliphatic heterocycles. The van der Waals surface area contributed by atoms with E-state index in [1.54, 1.807) is 4.90 Å². The summed E-state index contributed by atoms with van der Waals surface area (Å²) in [4.78, 5) is 21.9. The highest BCUT2D eigenvalue weighted by Crippen LogP contribution is 2.45. The van der Waals surface area contributed by atoms with Crippen molar-refractivity contribution in [3.63, 3.8) is 0 Å². The lowest BCUT2D eigenvalue weighted by Crippen LogP contribution is -2.45. The number of aliphatic imine (C=N–C) groups is 1. The first-order valence-electron chi connectivity index (χ1n) is 9.52. The highest BCUT2D eigenvalue weighted by molar-refractivity contribution is 8.18. The molecule has 1 atom stereocenters. The van der Waals surface area contributed by atoms with E-state index in [4.69, 9.17) is 11.6 Å². The van der Waals surface area contributed by atoms with Crippen molar-refractivity contribution in [2.75, 3.05) is 25.0 Å². The van der Waals surface area contributed by atoms with Crippen LogP contribution in [0, 0.1) is 0 Å². The van der Waals surface area contributed by atoms with Crippen molar-refractivity contribution >= 4 is 46.2 Å². The van der Waals surface area contributed by atoms with Crippen LogP contribution in [0.5, 0.6) is 0 Å². The number of benzene rings is 1. The van der Waals surface area contributed by atoms with E-state index in [1.807, 2.05) is 26.0 Å². The highest BCUT2D eigenvalue weighted by atomic mass is 35.5. The molecule has 1 aromatic carbocycles. The summed E-state index contributed by atoms with van der Waals surface area (Å²) in [5.74, 6) is 0.451. The SMILES string of the molecule is CCN=C1S/C(=C\c2cc3c(cc2Cl)N(C)C(C)(C)C[C@H]3C)C(=O)N1CC. The second kappa shape index (κ2) is 7.51. The molecule has 2 aliphatic rings. The summed E-state index contributed by atoms with van der Waals surface area (Å²) < 4.78 is 0. The third-order valence-electron chi connectivity index (χ3n) is 5.54. The average Bonchev–Trinajstić information content (AvgIpc) is 2.89. The lowest BCUT2D eigenvalue weighted by Gasteiger charge is -2.45. The third-order valence-corrected chi connectivity index (χ3v) is 6.91. The van der Waals surface area contributed by atoms with Gasteiger partial charge in [-0.25, -0.2) is 0 Å². The molecule has 0 bridgehead atoms. The smallest absolute Gasteiger partial charge is 0.266 e. The predicted octanol–water partition coefficient (Wildman–Crippen LogP) is 5.37. The van der Waals surface area contributed by atoms with Crippen molar-refractivity contribution < 1.29 is 4.79 Å². The number of carbonyl (C=O) groups excluding carboxylic acids is 1. The van der Waals surface area contributed by atoms with E-state index in [1.165, 1.54) is 23.0 Å². The number of carbonyl (C=O) groups is 1. The largest absolute Gasteiger partial charge is 0.369 e. The molecule has 2 heterocycles. The molecule has 0 spiro atoms. The Morgan fingerprint density at radius 1 is 1.37 bits per heavy atom. The molecule has 146 valence electrons. The van der Waals surface area contributed by atoms with Crippen molar-refractivity contribution in [1.82, 2.24) is 4.90 Å². The second-order valence-electron chi connectivity index (χ2n) is 7.83. The number of likely N-dealkylation sites (N-methyl/N-ethyl adjacent to an activating group) is 1. The average molecular weight is 406 g/mol. The van der Waals surface area contributed by atoms with Crippen LogP contribution < -0.4 is 4.90 Å². The molecular weight excluding hydrogens is 378 g/mol. The number of rotatable bonds is 3. The molecule has 0 saturated carbocycles. The molecule has 1 saturated heterocycles. The van der Waals surface area contributed by atoms with Gasteiger partial charge in [-0.15, -0.1) is 0 Å². The maximum absolute atomic E-state index is 12.7. The van der Waals surface area contributed by atoms with Gasteiger partial charge >= 0.3 is 0 Å². The molecule has 1 aromatic rings. The van der Waals surface area contributed by atoms with Crippen LogP contribution in [-0.4, -0.2) is 41.7 Å². The Hall–Kier alpha value is -1.46. The monoisotopic (exact) mass is 405 g/mol. The Morgan fingerprint density at radius 3 is 2.70 bits per heavy atom. The number of hydrogen-bond acceptors (Lipinski definition) is 4. The van der Waals surface area contributed by atoms with E-state index in [-0.39, 0.29) is 11.4 Å². The van der Waals surface area contributed by atoms with Crippen LogP contribution in [0.25, 0.3) is 6.08 Å². The van der Waals surface area contributed by atoms with Gasteiger partial charge in [0.2, 0.25) is 0 Å². The zero-order valence-electron chi connectivity index (χ0n) is 17.0. The summed E-state index contributed by atoms with van der Waals surface area (Å²) in [6.45, 7) is 12.0. The second-order valence-corrected chi connectivity index (χ2v) is 9.24. The molecule has 0 aromatic heterocycles. The van der Waals surface area contributed by atoms with Crippen molar-refractivity contribution in [2.24, 2.45) is 4.99 Å². The summed E-state index contributed by atoms with van der Waals surface area (Å²) in [6, 6.07) is 4.20. The molecule has 3 rings (SSSR count). The van der Waals surface area contributed by atoms with Crippen LogP contribution in [0.3, 0.4) is 0 Å². The van der Waals surface area contributed by atoms with Gasteiger partial charge < -0.3 is 4.90 Å². The maximum Gasteiger partial charge on any atom is 0.266 e. The molecule has 0 radical (unpaired) electrons. The van der Waals surface area contributed by atoms with Crippen LogP contribution in [0.15, 0.2) is 22.0 Å². The van der Waals surface area contributed by atoms with Crippen molar-refractivity contribution in [3.05, 3.63) is 33.2 Å². The Bertz CT molecular complexity index is 831. The Labute approximate surface area is 171 Å². The van der Waals surface area contributed by atoms with Gasteiger partial charge in [0, 0.05) is 36.4 Å². The normalized spacial score (nSPS) is 24.9. The van der Waals surface area contributed by atoms with Gasteiger partial charge in [-0.1, -0.05) is 18.5 Å². The fraction of sp³-hybridized carbons (Fsp3) is 0.524. The van der Waals surface area contributed by atoms with Gasteiger partial charge in [0.05, 0.1) is 4.91 Å². The van der Waals surface area contributed by atoms with Crippen LogP contribution in [0.1, 0.15) is 58.1 Å². The first-order chi connectivity index (χ1) is 12.7. The number of halogens is 1. The molecule has 6 heteroatoms. The van der Waals surface area contributed by atoms with Crippen LogP contribution >= 0.6 is 23.4 Å². The fourth-order valence-corrected chi connectivity index (χ4v) is 5.20. The zero-order chi connectivity index (χ0) is 19.9. The number of hydrogen-bond donors (Lipinski definition) is 0. The Kier molecular flexibility index (Phi) is 5.64. The molecule has 4 nitrogen and oxygen atoms in total. The van der Waals surface area contributed by atoms with E-state index in [0.29, 0.717) is 28.9 Å². The third kappa shape index (κ3) is 3.64. The number of anilines is 1. The van der Waals surface area contributed by atoms with E-state index in [0.717, 1.165) is 17.2 Å². The van der Waals surface area contributed by atoms with Crippen molar-refractivity contribution in [3.8, 4) is 0 Å². The first-order valence-corrected chi connectivity index (χ1v) is 10.7. The summed E-state index contributed by atoms with van der Waals surface area (Å²) in [6.07, 6.45) is 3.00. The maximum atomic E-state index is 12.7. The number of fused-ring (bicyclic) bond motifs is 1. The molecule has 1 fully saturated rings. The quantitative estimate of drug-likeness (QED) is 0.634. The molecule has 27 heavy (non-hydrogen) atoms. The molecular formula is C21H28ClN3OS. The van der Waals surface area contributed by atoms with Gasteiger partial charge in [0.15, 0.2) is 5.17 Å². The fourth-order valence-electron chi connectivity index (χ4n) is 3.90. The van der Waals surface area contributed by atoms with Crippen LogP contribution in [0.2, 0.25) is 5.02 Å². The van der Waals surface area contributed by atoms with Crippen molar-refractivity contribution in [2.45, 2.75) is 52.5 Å². The lowest BCUT2D eigenvalue weighted by atomic mass is 9.80. The summed E-state index contributed by atoms with van der Waals surface area (Å²) in [5, 5.41) is 1.45. The van der Waals surface area contributed by atoms with Gasteiger partial charge in [-0.2, -0.15) is 0 Å². The van der Waals surface area contributed by atoms with Gasteiger partial charge in [-0.05, 0) is 81.1 Å². The minimum absolute atomic E-state index is 0.00906. The lowest BCUT2D eigenvalue weighted by molar-refractivity contribution is -0.122. The molecule has 1 amide bonds. The van der Waals surface area contributed by atoms with Gasteiger partial charge in [0.25, 0.3) is 5.91 Å². The topological polar surface area (TPSA) is 35.9 Å². The molecule has 0 N–H and O–H groups in total. The first kappa shape index (κ1) is 20.3. The standard InChI is InChI=1S/C21H28ClN3OS/c1-7-23-20-25(8-2)19(26)18(27-20)10-14-9-15-13(3)12-21(4,5)24(6)17(15)11-16(14)22/h9-11,13H,7-8,12H2,1-6H3/b18-10-,23-20?/t13-/m1/s1. The van der Waals surface area contributed by atoms with Crippen LogP contribution in [0.4, 0.5) is 5.69 Å².